The van der Waals surface area contributed by atoms with Gasteiger partial charge in [0.25, 0.3) is 5.91 Å². The minimum Gasteiger partial charge on any atom is -0.467 e. The minimum absolute atomic E-state index is 0.0424. The molecule has 2 rings (SSSR count). The van der Waals surface area contributed by atoms with E-state index in [4.69, 9.17) is 4.74 Å². The zero-order valence-corrected chi connectivity index (χ0v) is 22.6. The van der Waals surface area contributed by atoms with Gasteiger partial charge in [-0.1, -0.05) is 88.4 Å². The van der Waals surface area contributed by atoms with E-state index in [1.807, 2.05) is 44.2 Å². The summed E-state index contributed by atoms with van der Waals surface area (Å²) in [6.45, 7) is 7.34. The van der Waals surface area contributed by atoms with Crippen LogP contribution in [0.3, 0.4) is 0 Å². The highest BCUT2D eigenvalue weighted by atomic mass is 16.5. The predicted molar refractivity (Wildman–Crippen MR) is 144 cm³/mol. The Hall–Kier alpha value is -3.72. The van der Waals surface area contributed by atoms with Gasteiger partial charge in [0.2, 0.25) is 11.8 Å². The summed E-state index contributed by atoms with van der Waals surface area (Å²) in [6.07, 6.45) is -0.923. The molecular weight excluding hydrogens is 486 g/mol. The number of esters is 1. The molecule has 0 aliphatic heterocycles. The molecule has 0 spiro atoms. The largest absolute Gasteiger partial charge is 0.467 e. The Morgan fingerprint density at radius 3 is 1.84 bits per heavy atom. The molecule has 206 valence electrons. The Balaban J connectivity index is 2.15. The zero-order chi connectivity index (χ0) is 28.2. The molecule has 0 saturated heterocycles. The van der Waals surface area contributed by atoms with Gasteiger partial charge >= 0.3 is 5.97 Å². The van der Waals surface area contributed by atoms with Gasteiger partial charge in [-0.2, -0.15) is 0 Å². The summed E-state index contributed by atoms with van der Waals surface area (Å²) in [4.78, 5) is 51.7. The highest BCUT2D eigenvalue weighted by Gasteiger charge is 2.33. The van der Waals surface area contributed by atoms with E-state index in [-0.39, 0.29) is 18.3 Å². The van der Waals surface area contributed by atoms with Crippen molar-refractivity contribution >= 4 is 23.7 Å². The van der Waals surface area contributed by atoms with E-state index in [0.717, 1.165) is 5.56 Å². The Kier molecular flexibility index (Phi) is 11.9. The number of nitrogens with one attached hydrogen (secondary N) is 3. The average molecular weight is 526 g/mol. The van der Waals surface area contributed by atoms with Gasteiger partial charge in [0.1, 0.15) is 18.1 Å². The molecule has 4 N–H and O–H groups in total. The van der Waals surface area contributed by atoms with Crippen LogP contribution in [0.5, 0.6) is 0 Å². The van der Waals surface area contributed by atoms with Crippen molar-refractivity contribution in [2.45, 2.75) is 64.8 Å². The van der Waals surface area contributed by atoms with Crippen molar-refractivity contribution in [3.05, 3.63) is 71.8 Å². The molecule has 3 amide bonds. The summed E-state index contributed by atoms with van der Waals surface area (Å²) >= 11 is 0. The van der Waals surface area contributed by atoms with Crippen molar-refractivity contribution in [1.29, 1.82) is 0 Å². The monoisotopic (exact) mass is 525 g/mol. The molecule has 0 unspecified atom stereocenters. The molecule has 0 radical (unpaired) electrons. The predicted octanol–water partition coefficient (Wildman–Crippen LogP) is 2.29. The van der Waals surface area contributed by atoms with E-state index in [1.54, 1.807) is 44.2 Å². The lowest BCUT2D eigenvalue weighted by atomic mass is 9.98. The lowest BCUT2D eigenvalue weighted by Gasteiger charge is -2.28. The Morgan fingerprint density at radius 2 is 1.32 bits per heavy atom. The van der Waals surface area contributed by atoms with Gasteiger partial charge < -0.3 is 25.8 Å². The standard InChI is InChI=1S/C29H39N3O6/c1-18(2)16-22(30-28(36)25(33)21-14-10-7-11-15-21)26(34)32-24(19(3)4)27(35)31-23(29(37)38-5)17-20-12-8-6-9-13-20/h6-15,18-19,22-25,33H,16-17H2,1-5H3,(H,30,36)(H,31,35)(H,32,34)/t22-,23-,24-,25-/m0/s1. The van der Waals surface area contributed by atoms with Crippen LogP contribution in [-0.2, 0) is 30.3 Å². The maximum absolute atomic E-state index is 13.3. The van der Waals surface area contributed by atoms with Crippen LogP contribution in [0.2, 0.25) is 0 Å². The van der Waals surface area contributed by atoms with Gasteiger partial charge in [-0.3, -0.25) is 14.4 Å². The van der Waals surface area contributed by atoms with Crippen molar-refractivity contribution < 1.29 is 29.0 Å². The quantitative estimate of drug-likeness (QED) is 0.297. The van der Waals surface area contributed by atoms with Gasteiger partial charge in [0, 0.05) is 6.42 Å². The first-order chi connectivity index (χ1) is 18.0. The number of hydrogen-bond donors (Lipinski definition) is 4. The van der Waals surface area contributed by atoms with Crippen LogP contribution in [0.25, 0.3) is 0 Å². The molecule has 0 aromatic heterocycles. The van der Waals surface area contributed by atoms with Crippen molar-refractivity contribution in [2.75, 3.05) is 7.11 Å². The first kappa shape index (κ1) is 30.5. The highest BCUT2D eigenvalue weighted by molar-refractivity contribution is 5.94. The number of aliphatic hydroxyl groups excluding tert-OH is 1. The summed E-state index contributed by atoms with van der Waals surface area (Å²) in [7, 11) is 1.25. The van der Waals surface area contributed by atoms with Gasteiger partial charge in [-0.15, -0.1) is 0 Å². The normalized spacial score (nSPS) is 14.2. The molecule has 4 atom stereocenters. The number of ether oxygens (including phenoxy) is 1. The van der Waals surface area contributed by atoms with Crippen LogP contribution in [0.15, 0.2) is 60.7 Å². The summed E-state index contributed by atoms with van der Waals surface area (Å²) in [5.74, 6) is -2.69. The van der Waals surface area contributed by atoms with Crippen LogP contribution in [0.1, 0.15) is 51.3 Å². The number of carbonyl (C=O) groups excluding carboxylic acids is 4. The van der Waals surface area contributed by atoms with Gasteiger partial charge in [-0.25, -0.2) is 4.79 Å². The number of methoxy groups -OCH3 is 1. The number of hydrogen-bond acceptors (Lipinski definition) is 6. The number of carbonyl (C=O) groups is 4. The number of aliphatic hydroxyl groups is 1. The van der Waals surface area contributed by atoms with Crippen molar-refractivity contribution in [2.24, 2.45) is 11.8 Å². The first-order valence-corrected chi connectivity index (χ1v) is 12.8. The molecular formula is C29H39N3O6. The van der Waals surface area contributed by atoms with Crippen LogP contribution in [0.4, 0.5) is 0 Å². The summed E-state index contributed by atoms with van der Waals surface area (Å²) in [6, 6.07) is 14.7. The fraction of sp³-hybridized carbons (Fsp3) is 0.448. The molecule has 0 saturated carbocycles. The Morgan fingerprint density at radius 1 is 0.763 bits per heavy atom. The first-order valence-electron chi connectivity index (χ1n) is 12.8. The van der Waals surface area contributed by atoms with Crippen LogP contribution in [-0.4, -0.2) is 54.0 Å². The third kappa shape index (κ3) is 9.30. The van der Waals surface area contributed by atoms with E-state index in [0.29, 0.717) is 12.0 Å². The summed E-state index contributed by atoms with van der Waals surface area (Å²) < 4.78 is 4.88. The van der Waals surface area contributed by atoms with Gasteiger partial charge in [0.05, 0.1) is 7.11 Å². The molecule has 0 bridgehead atoms. The average Bonchev–Trinajstić information content (AvgIpc) is 2.90. The maximum Gasteiger partial charge on any atom is 0.328 e. The lowest BCUT2D eigenvalue weighted by Crippen LogP contribution is -2.58. The molecule has 2 aromatic carbocycles. The van der Waals surface area contributed by atoms with E-state index in [2.05, 4.69) is 16.0 Å². The number of benzene rings is 2. The van der Waals surface area contributed by atoms with Gasteiger partial charge in [0.15, 0.2) is 6.10 Å². The molecule has 9 heteroatoms. The van der Waals surface area contributed by atoms with Gasteiger partial charge in [-0.05, 0) is 29.4 Å². The second kappa shape index (κ2) is 14.9. The van der Waals surface area contributed by atoms with Crippen LogP contribution in [0, 0.1) is 11.8 Å². The Bertz CT molecular complexity index is 1060. The number of rotatable bonds is 13. The van der Waals surface area contributed by atoms with Crippen molar-refractivity contribution in [3.63, 3.8) is 0 Å². The molecule has 0 heterocycles. The van der Waals surface area contributed by atoms with E-state index >= 15 is 0 Å². The summed E-state index contributed by atoms with van der Waals surface area (Å²) in [5.41, 5.74) is 1.24. The molecule has 38 heavy (non-hydrogen) atoms. The van der Waals surface area contributed by atoms with Crippen LogP contribution < -0.4 is 16.0 Å². The second-order valence-electron chi connectivity index (χ2n) is 10.0. The Labute approximate surface area is 224 Å². The van der Waals surface area contributed by atoms with Crippen molar-refractivity contribution in [1.82, 2.24) is 16.0 Å². The fourth-order valence-corrected chi connectivity index (χ4v) is 3.98. The minimum atomic E-state index is -1.44. The maximum atomic E-state index is 13.3. The SMILES string of the molecule is COC(=O)[C@H](Cc1ccccc1)NC(=O)[C@@H](NC(=O)[C@H](CC(C)C)NC(=O)[C@@H](O)c1ccccc1)C(C)C. The molecule has 9 nitrogen and oxygen atoms in total. The van der Waals surface area contributed by atoms with E-state index in [9.17, 15) is 24.3 Å². The highest BCUT2D eigenvalue weighted by Crippen LogP contribution is 2.14. The number of amides is 3. The van der Waals surface area contributed by atoms with Crippen LogP contribution >= 0.6 is 0 Å². The summed E-state index contributed by atoms with van der Waals surface area (Å²) in [5, 5.41) is 18.5. The topological polar surface area (TPSA) is 134 Å². The molecule has 2 aromatic rings. The fourth-order valence-electron chi connectivity index (χ4n) is 3.98. The second-order valence-corrected chi connectivity index (χ2v) is 10.0. The van der Waals surface area contributed by atoms with Crippen molar-refractivity contribution in [3.8, 4) is 0 Å². The van der Waals surface area contributed by atoms with E-state index in [1.165, 1.54) is 7.11 Å². The third-order valence-corrected chi connectivity index (χ3v) is 6.04. The molecule has 0 aliphatic rings. The lowest BCUT2D eigenvalue weighted by molar-refractivity contribution is -0.145. The van der Waals surface area contributed by atoms with E-state index < -0.39 is 47.9 Å². The smallest absolute Gasteiger partial charge is 0.328 e. The zero-order valence-electron chi connectivity index (χ0n) is 22.6. The molecule has 0 aliphatic carbocycles. The third-order valence-electron chi connectivity index (χ3n) is 6.04. The molecule has 0 fully saturated rings.